The molecule has 2 rings (SSSR count). The van der Waals surface area contributed by atoms with Crippen LogP contribution < -0.4 is 4.74 Å². The molecule has 104 valence electrons. The number of hydrogen-bond acceptors (Lipinski definition) is 3. The van der Waals surface area contributed by atoms with Crippen molar-refractivity contribution < 1.29 is 14.3 Å². The molecular weight excluding hydrogens is 320 g/mol. The first-order valence-corrected chi connectivity index (χ1v) is 6.98. The second-order valence-electron chi connectivity index (χ2n) is 4.24. The van der Waals surface area contributed by atoms with Crippen LogP contribution in [0, 0.1) is 0 Å². The van der Waals surface area contributed by atoms with Gasteiger partial charge in [0.2, 0.25) is 0 Å². The number of halogens is 1. The average Bonchev–Trinajstić information content (AvgIpc) is 2.49. The molecule has 0 unspecified atom stereocenters. The average molecular weight is 335 g/mol. The minimum atomic E-state index is -0.0593. The van der Waals surface area contributed by atoms with Gasteiger partial charge in [0.1, 0.15) is 12.4 Å². The Morgan fingerprint density at radius 2 is 1.95 bits per heavy atom. The van der Waals surface area contributed by atoms with Gasteiger partial charge in [0.05, 0.1) is 13.7 Å². The molecule has 0 N–H and O–H groups in total. The summed E-state index contributed by atoms with van der Waals surface area (Å²) in [5.41, 5.74) is 1.61. The number of benzene rings is 2. The van der Waals surface area contributed by atoms with E-state index in [1.54, 1.807) is 31.4 Å². The monoisotopic (exact) mass is 334 g/mol. The Kier molecular flexibility index (Phi) is 5.32. The third-order valence-corrected chi connectivity index (χ3v) is 3.61. The van der Waals surface area contributed by atoms with Crippen LogP contribution in [0.1, 0.15) is 15.9 Å². The second-order valence-corrected chi connectivity index (χ2v) is 5.09. The molecule has 3 nitrogen and oxygen atoms in total. The molecule has 0 atom stereocenters. The fourth-order valence-corrected chi connectivity index (χ4v) is 2.15. The Balaban J connectivity index is 1.91. The summed E-state index contributed by atoms with van der Waals surface area (Å²) >= 11 is 3.45. The zero-order valence-electron chi connectivity index (χ0n) is 11.1. The van der Waals surface area contributed by atoms with Crippen LogP contribution in [0.2, 0.25) is 0 Å². The predicted molar refractivity (Wildman–Crippen MR) is 81.1 cm³/mol. The largest absolute Gasteiger partial charge is 0.497 e. The van der Waals surface area contributed by atoms with Crippen LogP contribution >= 0.6 is 15.9 Å². The Morgan fingerprint density at radius 1 is 1.15 bits per heavy atom. The molecule has 0 saturated heterocycles. The zero-order valence-corrected chi connectivity index (χ0v) is 12.7. The van der Waals surface area contributed by atoms with E-state index in [-0.39, 0.29) is 12.4 Å². The number of ether oxygens (including phenoxy) is 2. The lowest BCUT2D eigenvalue weighted by molar-refractivity contribution is 0.0725. The maximum Gasteiger partial charge on any atom is 0.188 e. The summed E-state index contributed by atoms with van der Waals surface area (Å²) in [6, 6.07) is 14.8. The summed E-state index contributed by atoms with van der Waals surface area (Å²) in [6.07, 6.45) is 0. The van der Waals surface area contributed by atoms with E-state index in [2.05, 4.69) is 15.9 Å². The van der Waals surface area contributed by atoms with E-state index in [1.807, 2.05) is 24.3 Å². The van der Waals surface area contributed by atoms with E-state index < -0.39 is 0 Å². The van der Waals surface area contributed by atoms with Gasteiger partial charge >= 0.3 is 0 Å². The Morgan fingerprint density at radius 3 is 2.70 bits per heavy atom. The van der Waals surface area contributed by atoms with Gasteiger partial charge in [-0.05, 0) is 23.8 Å². The Hall–Kier alpha value is -1.65. The van der Waals surface area contributed by atoms with Crippen LogP contribution in [0.15, 0.2) is 53.0 Å². The van der Waals surface area contributed by atoms with Crippen molar-refractivity contribution in [1.29, 1.82) is 0 Å². The summed E-state index contributed by atoms with van der Waals surface area (Å²) in [4.78, 5) is 12.0. The highest BCUT2D eigenvalue weighted by atomic mass is 79.9. The standard InChI is InChI=1S/C16H15BrO3/c1-19-14-7-4-6-12(9-14)16(18)11-20-10-13-5-2-3-8-15(13)17/h2-9H,10-11H2,1H3. The van der Waals surface area contributed by atoms with Crippen molar-refractivity contribution in [1.82, 2.24) is 0 Å². The van der Waals surface area contributed by atoms with Gasteiger partial charge in [-0.1, -0.05) is 46.3 Å². The van der Waals surface area contributed by atoms with Crippen molar-refractivity contribution >= 4 is 21.7 Å². The molecule has 0 fully saturated rings. The molecule has 2 aromatic rings. The van der Waals surface area contributed by atoms with E-state index in [0.29, 0.717) is 17.9 Å². The fourth-order valence-electron chi connectivity index (χ4n) is 1.75. The molecule has 20 heavy (non-hydrogen) atoms. The maximum absolute atomic E-state index is 12.0. The molecule has 0 heterocycles. The number of ketones is 1. The summed E-state index contributed by atoms with van der Waals surface area (Å²) in [6.45, 7) is 0.450. The number of hydrogen-bond donors (Lipinski definition) is 0. The summed E-state index contributed by atoms with van der Waals surface area (Å²) in [5, 5.41) is 0. The van der Waals surface area contributed by atoms with E-state index in [1.165, 1.54) is 0 Å². The molecular formula is C16H15BrO3. The van der Waals surface area contributed by atoms with Gasteiger partial charge in [0.25, 0.3) is 0 Å². The van der Waals surface area contributed by atoms with Crippen molar-refractivity contribution in [2.45, 2.75) is 6.61 Å². The summed E-state index contributed by atoms with van der Waals surface area (Å²) in [5.74, 6) is 0.609. The van der Waals surface area contributed by atoms with Gasteiger partial charge in [0.15, 0.2) is 5.78 Å². The van der Waals surface area contributed by atoms with Crippen molar-refractivity contribution in [2.75, 3.05) is 13.7 Å². The van der Waals surface area contributed by atoms with E-state index in [9.17, 15) is 4.79 Å². The van der Waals surface area contributed by atoms with E-state index in [4.69, 9.17) is 9.47 Å². The topological polar surface area (TPSA) is 35.5 Å². The van der Waals surface area contributed by atoms with Gasteiger partial charge in [0, 0.05) is 10.0 Å². The Labute approximate surface area is 126 Å². The quantitative estimate of drug-likeness (QED) is 0.752. The van der Waals surface area contributed by atoms with Crippen molar-refractivity contribution in [3.8, 4) is 5.75 Å². The normalized spacial score (nSPS) is 10.3. The number of carbonyl (C=O) groups excluding carboxylic acids is 1. The first-order valence-electron chi connectivity index (χ1n) is 6.19. The van der Waals surface area contributed by atoms with Crippen LogP contribution in [0.3, 0.4) is 0 Å². The van der Waals surface area contributed by atoms with Gasteiger partial charge in [-0.25, -0.2) is 0 Å². The predicted octanol–water partition coefficient (Wildman–Crippen LogP) is 3.86. The lowest BCUT2D eigenvalue weighted by Gasteiger charge is -2.07. The van der Waals surface area contributed by atoms with Crippen LogP contribution in [-0.2, 0) is 11.3 Å². The highest BCUT2D eigenvalue weighted by Gasteiger charge is 2.07. The van der Waals surface area contributed by atoms with E-state index >= 15 is 0 Å². The van der Waals surface area contributed by atoms with Gasteiger partial charge in [-0.3, -0.25) is 4.79 Å². The number of carbonyl (C=O) groups is 1. The lowest BCUT2D eigenvalue weighted by atomic mass is 10.1. The summed E-state index contributed by atoms with van der Waals surface area (Å²) < 4.78 is 11.5. The molecule has 0 saturated carbocycles. The lowest BCUT2D eigenvalue weighted by Crippen LogP contribution is -2.09. The first kappa shape index (κ1) is 14.8. The van der Waals surface area contributed by atoms with Crippen molar-refractivity contribution in [2.24, 2.45) is 0 Å². The third-order valence-electron chi connectivity index (χ3n) is 2.84. The third kappa shape index (κ3) is 3.92. The molecule has 0 aliphatic heterocycles. The van der Waals surface area contributed by atoms with Gasteiger partial charge < -0.3 is 9.47 Å². The minimum Gasteiger partial charge on any atom is -0.497 e. The van der Waals surface area contributed by atoms with Gasteiger partial charge in [-0.15, -0.1) is 0 Å². The van der Waals surface area contributed by atoms with Crippen LogP contribution in [-0.4, -0.2) is 19.5 Å². The SMILES string of the molecule is COc1cccc(C(=O)COCc2ccccc2Br)c1. The van der Waals surface area contributed by atoms with E-state index in [0.717, 1.165) is 10.0 Å². The molecule has 2 aromatic carbocycles. The van der Waals surface area contributed by atoms with Crippen molar-refractivity contribution in [3.05, 3.63) is 64.1 Å². The molecule has 0 amide bonds. The minimum absolute atomic E-state index is 0.0501. The maximum atomic E-state index is 12.0. The number of Topliss-reactive ketones (excluding diaryl/α,β-unsaturated/α-hetero) is 1. The molecule has 0 aliphatic rings. The molecule has 4 heteroatoms. The zero-order chi connectivity index (χ0) is 14.4. The fraction of sp³-hybridized carbons (Fsp3) is 0.188. The molecule has 0 radical (unpaired) electrons. The molecule has 0 aliphatic carbocycles. The van der Waals surface area contributed by atoms with Crippen LogP contribution in [0.5, 0.6) is 5.75 Å². The second kappa shape index (κ2) is 7.22. The van der Waals surface area contributed by atoms with Crippen LogP contribution in [0.4, 0.5) is 0 Å². The first-order chi connectivity index (χ1) is 9.70. The molecule has 0 bridgehead atoms. The summed E-state index contributed by atoms with van der Waals surface area (Å²) in [7, 11) is 1.58. The smallest absolute Gasteiger partial charge is 0.188 e. The number of rotatable bonds is 6. The van der Waals surface area contributed by atoms with Crippen LogP contribution in [0.25, 0.3) is 0 Å². The van der Waals surface area contributed by atoms with Gasteiger partial charge in [-0.2, -0.15) is 0 Å². The van der Waals surface area contributed by atoms with Crippen molar-refractivity contribution in [3.63, 3.8) is 0 Å². The Bertz CT molecular complexity index is 596. The number of methoxy groups -OCH3 is 1. The highest BCUT2D eigenvalue weighted by Crippen LogP contribution is 2.17. The molecule has 0 spiro atoms. The molecule has 0 aromatic heterocycles. The highest BCUT2D eigenvalue weighted by molar-refractivity contribution is 9.10.